The van der Waals surface area contributed by atoms with Crippen LogP contribution in [0.25, 0.3) is 21.9 Å². The minimum absolute atomic E-state index is 0.0189. The van der Waals surface area contributed by atoms with Gasteiger partial charge in [0.15, 0.2) is 5.82 Å². The number of amides is 1. The lowest BCUT2D eigenvalue weighted by molar-refractivity contribution is -0.119. The smallest absolute Gasteiger partial charge is 0.413 e. The van der Waals surface area contributed by atoms with E-state index in [0.717, 1.165) is 24.3 Å². The van der Waals surface area contributed by atoms with Crippen LogP contribution in [0.2, 0.25) is 0 Å². The number of ether oxygens (including phenoxy) is 3. The van der Waals surface area contributed by atoms with Gasteiger partial charge >= 0.3 is 6.09 Å². The molecule has 37 heavy (non-hydrogen) atoms. The zero-order valence-electron chi connectivity index (χ0n) is 20.7. The number of nitrogens with two attached hydrogens (primary N) is 1. The van der Waals surface area contributed by atoms with Gasteiger partial charge < -0.3 is 30.2 Å². The summed E-state index contributed by atoms with van der Waals surface area (Å²) in [7, 11) is 2.06. The third-order valence-corrected chi connectivity index (χ3v) is 7.39. The van der Waals surface area contributed by atoms with Crippen molar-refractivity contribution in [3.8, 4) is 17.0 Å². The standard InChI is InChI=1S/C26H29FN6O4/c1-13-18(7-31-25-23(13)29-3-4-36-25)17-5-14-6-20(30-8-19(14)22(28)21(17)27)32-26(34)37-24-15-9-33(2)10-16(24)12-35-11-15/h5-8,15-16,24,29H,3-4,9-12,28H2,1-2H3,(H,30,32,34)/t15-,16+,24?. The Morgan fingerprint density at radius 1 is 1.22 bits per heavy atom. The van der Waals surface area contributed by atoms with E-state index in [9.17, 15) is 4.79 Å². The van der Waals surface area contributed by atoms with E-state index < -0.39 is 11.9 Å². The van der Waals surface area contributed by atoms with Crippen LogP contribution in [-0.2, 0) is 9.47 Å². The Morgan fingerprint density at radius 2 is 2.00 bits per heavy atom. The average molecular weight is 509 g/mol. The maximum atomic E-state index is 15.4. The third-order valence-electron chi connectivity index (χ3n) is 7.39. The molecular formula is C26H29FN6O4. The number of hydrogen-bond acceptors (Lipinski definition) is 9. The molecule has 3 aliphatic heterocycles. The summed E-state index contributed by atoms with van der Waals surface area (Å²) < 4.78 is 32.5. The second-order valence-corrected chi connectivity index (χ2v) is 9.97. The van der Waals surface area contributed by atoms with E-state index in [1.165, 1.54) is 6.20 Å². The van der Waals surface area contributed by atoms with Crippen LogP contribution < -0.4 is 21.1 Å². The molecule has 1 amide bonds. The first-order valence-corrected chi connectivity index (χ1v) is 12.4. The van der Waals surface area contributed by atoms with Crippen molar-refractivity contribution in [1.29, 1.82) is 0 Å². The van der Waals surface area contributed by atoms with Crippen molar-refractivity contribution in [3.05, 3.63) is 35.9 Å². The van der Waals surface area contributed by atoms with E-state index in [-0.39, 0.29) is 23.6 Å². The van der Waals surface area contributed by atoms with Crippen molar-refractivity contribution in [2.45, 2.75) is 13.0 Å². The number of nitrogen functional groups attached to an aromatic ring is 1. The van der Waals surface area contributed by atoms with Gasteiger partial charge in [-0.1, -0.05) is 0 Å². The highest BCUT2D eigenvalue weighted by Crippen LogP contribution is 2.39. The molecule has 10 nitrogen and oxygen atoms in total. The van der Waals surface area contributed by atoms with Gasteiger partial charge in [0.05, 0.1) is 18.9 Å². The highest BCUT2D eigenvalue weighted by molar-refractivity contribution is 5.99. The number of halogens is 1. The lowest BCUT2D eigenvalue weighted by atomic mass is 9.85. The molecule has 1 unspecified atom stereocenters. The fourth-order valence-corrected chi connectivity index (χ4v) is 5.64. The average Bonchev–Trinajstić information content (AvgIpc) is 2.87. The van der Waals surface area contributed by atoms with E-state index in [1.807, 2.05) is 6.92 Å². The third kappa shape index (κ3) is 4.27. The molecule has 6 rings (SSSR count). The molecule has 1 aromatic carbocycles. The van der Waals surface area contributed by atoms with Crippen molar-refractivity contribution >= 4 is 34.1 Å². The van der Waals surface area contributed by atoms with Gasteiger partial charge in [-0.25, -0.2) is 19.2 Å². The quantitative estimate of drug-likeness (QED) is 0.457. The van der Waals surface area contributed by atoms with Gasteiger partial charge in [-0.3, -0.25) is 5.32 Å². The molecule has 5 heterocycles. The summed E-state index contributed by atoms with van der Waals surface area (Å²) in [5, 5.41) is 7.08. The van der Waals surface area contributed by atoms with Crippen LogP contribution in [0.1, 0.15) is 5.56 Å². The van der Waals surface area contributed by atoms with E-state index in [2.05, 4.69) is 32.5 Å². The van der Waals surface area contributed by atoms with Gasteiger partial charge in [-0.2, -0.15) is 0 Å². The monoisotopic (exact) mass is 508 g/mol. The van der Waals surface area contributed by atoms with Crippen molar-refractivity contribution < 1.29 is 23.4 Å². The van der Waals surface area contributed by atoms with Crippen molar-refractivity contribution in [2.75, 3.05) is 62.9 Å². The Labute approximate surface area is 213 Å². The molecule has 11 heteroatoms. The fraction of sp³-hybridized carbons (Fsp3) is 0.423. The maximum Gasteiger partial charge on any atom is 0.413 e. The lowest BCUT2D eigenvalue weighted by Gasteiger charge is -2.44. The number of piperidine rings is 1. The number of nitrogens with zero attached hydrogens (tertiary/aromatic N) is 3. The molecule has 0 saturated carbocycles. The molecule has 3 atom stereocenters. The Morgan fingerprint density at radius 3 is 2.78 bits per heavy atom. The largest absolute Gasteiger partial charge is 0.474 e. The summed E-state index contributed by atoms with van der Waals surface area (Å²) in [6, 6.07) is 3.36. The highest BCUT2D eigenvalue weighted by atomic mass is 19.1. The van der Waals surface area contributed by atoms with Crippen LogP contribution in [0.3, 0.4) is 0 Å². The summed E-state index contributed by atoms with van der Waals surface area (Å²) in [6.07, 6.45) is 2.26. The van der Waals surface area contributed by atoms with Crippen LogP contribution in [0.15, 0.2) is 24.5 Å². The van der Waals surface area contributed by atoms with Crippen LogP contribution in [0.5, 0.6) is 5.88 Å². The molecule has 2 aromatic heterocycles. The molecule has 194 valence electrons. The number of pyridine rings is 2. The minimum atomic E-state index is -0.575. The first kappa shape index (κ1) is 23.7. The number of hydrogen-bond donors (Lipinski definition) is 3. The van der Waals surface area contributed by atoms with Crippen LogP contribution in [0, 0.1) is 24.6 Å². The molecule has 0 radical (unpaired) electrons. The molecule has 3 aliphatic rings. The number of benzene rings is 1. The molecule has 0 spiro atoms. The summed E-state index contributed by atoms with van der Waals surface area (Å²) in [4.78, 5) is 23.7. The first-order chi connectivity index (χ1) is 17.9. The number of fused-ring (bicyclic) bond motifs is 4. The second-order valence-electron chi connectivity index (χ2n) is 9.97. The number of nitrogens with one attached hydrogen (secondary N) is 2. The predicted octanol–water partition coefficient (Wildman–Crippen LogP) is 3.26. The van der Waals surface area contributed by atoms with Gasteiger partial charge in [-0.15, -0.1) is 0 Å². The highest BCUT2D eigenvalue weighted by Gasteiger charge is 2.41. The molecule has 3 aromatic rings. The van der Waals surface area contributed by atoms with Gasteiger partial charge in [0.1, 0.15) is 24.2 Å². The fourth-order valence-electron chi connectivity index (χ4n) is 5.64. The number of anilines is 3. The van der Waals surface area contributed by atoms with Gasteiger partial charge in [0.2, 0.25) is 5.88 Å². The predicted molar refractivity (Wildman–Crippen MR) is 137 cm³/mol. The van der Waals surface area contributed by atoms with E-state index in [1.54, 1.807) is 18.3 Å². The number of carbonyl (C=O) groups excluding carboxylic acids is 1. The summed E-state index contributed by atoms with van der Waals surface area (Å²) in [5.74, 6) is 0.500. The van der Waals surface area contributed by atoms with Crippen molar-refractivity contribution in [1.82, 2.24) is 14.9 Å². The van der Waals surface area contributed by atoms with Crippen LogP contribution in [0.4, 0.5) is 26.4 Å². The molecule has 0 aliphatic carbocycles. The number of likely N-dealkylation sites (tertiary alicyclic amines) is 1. The molecule has 2 bridgehead atoms. The zero-order chi connectivity index (χ0) is 25.7. The minimum Gasteiger partial charge on any atom is -0.474 e. The van der Waals surface area contributed by atoms with E-state index in [4.69, 9.17) is 19.9 Å². The Balaban J connectivity index is 1.28. The summed E-state index contributed by atoms with van der Waals surface area (Å²) >= 11 is 0. The van der Waals surface area contributed by atoms with Crippen LogP contribution >= 0.6 is 0 Å². The van der Waals surface area contributed by atoms with Gasteiger partial charge in [0, 0.05) is 60.4 Å². The number of aromatic nitrogens is 2. The molecular weight excluding hydrogens is 479 g/mol. The summed E-state index contributed by atoms with van der Waals surface area (Å²) in [5.41, 5.74) is 8.62. The van der Waals surface area contributed by atoms with Crippen molar-refractivity contribution in [2.24, 2.45) is 11.8 Å². The SMILES string of the molecule is Cc1c(-c2cc3cc(NC(=O)OC4[C@@H]5COC[C@H]4CN(C)C5)ncc3c(N)c2F)cnc2c1NCCO2. The van der Waals surface area contributed by atoms with Gasteiger partial charge in [0.25, 0.3) is 0 Å². The van der Waals surface area contributed by atoms with Gasteiger partial charge in [-0.05, 0) is 37.1 Å². The summed E-state index contributed by atoms with van der Waals surface area (Å²) in [6.45, 7) is 5.82. The second kappa shape index (κ2) is 9.31. The molecule has 4 N–H and O–H groups in total. The van der Waals surface area contributed by atoms with Crippen LogP contribution in [-0.4, -0.2) is 73.6 Å². The molecule has 2 saturated heterocycles. The molecule has 2 fully saturated rings. The lowest BCUT2D eigenvalue weighted by Crippen LogP contribution is -2.55. The van der Waals surface area contributed by atoms with Crippen molar-refractivity contribution in [3.63, 3.8) is 0 Å². The Hall–Kier alpha value is -3.70. The topological polar surface area (TPSA) is 124 Å². The first-order valence-electron chi connectivity index (χ1n) is 12.4. The van der Waals surface area contributed by atoms with E-state index in [0.29, 0.717) is 60.0 Å². The Kier molecular flexibility index (Phi) is 5.96. The normalized spacial score (nSPS) is 23.1. The number of carbonyl (C=O) groups is 1. The Bertz CT molecular complexity index is 1370. The number of rotatable bonds is 3. The maximum absolute atomic E-state index is 15.4. The van der Waals surface area contributed by atoms with E-state index >= 15 is 4.39 Å². The zero-order valence-corrected chi connectivity index (χ0v) is 20.7.